The molecule has 0 unspecified atom stereocenters. The van der Waals surface area contributed by atoms with Crippen LogP contribution in [0.1, 0.15) is 10.4 Å². The number of anilines is 2. The average Bonchev–Trinajstić information content (AvgIpc) is 2.83. The van der Waals surface area contributed by atoms with Gasteiger partial charge in [-0.25, -0.2) is 14.8 Å². The van der Waals surface area contributed by atoms with Crippen LogP contribution in [-0.2, 0) is 4.74 Å². The Kier molecular flexibility index (Phi) is 5.61. The SMILES string of the molecule is COC(=O)c1ccc(OC)c(Nc2nc(-c3cccnc3)nc3ccc(OC)cc23)c1. The number of nitrogens with one attached hydrogen (secondary N) is 1. The molecular weight excluding hydrogens is 396 g/mol. The molecule has 0 aliphatic rings. The number of methoxy groups -OCH3 is 3. The summed E-state index contributed by atoms with van der Waals surface area (Å²) in [7, 11) is 4.49. The highest BCUT2D eigenvalue weighted by molar-refractivity contribution is 5.95. The fraction of sp³-hybridized carbons (Fsp3) is 0.130. The van der Waals surface area contributed by atoms with Crippen LogP contribution in [0.15, 0.2) is 60.9 Å². The maximum absolute atomic E-state index is 12.0. The van der Waals surface area contributed by atoms with E-state index in [1.807, 2.05) is 30.3 Å². The predicted octanol–water partition coefficient (Wildman–Crippen LogP) is 4.24. The first kappa shape index (κ1) is 20.1. The minimum atomic E-state index is -0.448. The number of ether oxygens (including phenoxy) is 3. The molecule has 8 heteroatoms. The summed E-state index contributed by atoms with van der Waals surface area (Å²) in [6, 6.07) is 14.3. The molecule has 0 bridgehead atoms. The summed E-state index contributed by atoms with van der Waals surface area (Å²) < 4.78 is 15.7. The van der Waals surface area contributed by atoms with Crippen LogP contribution in [0.4, 0.5) is 11.5 Å². The highest BCUT2D eigenvalue weighted by Crippen LogP contribution is 2.33. The van der Waals surface area contributed by atoms with Gasteiger partial charge in [0.15, 0.2) is 5.82 Å². The zero-order chi connectivity index (χ0) is 21.8. The summed E-state index contributed by atoms with van der Waals surface area (Å²) in [6.45, 7) is 0. The molecule has 0 saturated heterocycles. The minimum absolute atomic E-state index is 0.384. The Balaban J connectivity index is 1.88. The van der Waals surface area contributed by atoms with E-state index in [-0.39, 0.29) is 0 Å². The molecule has 0 radical (unpaired) electrons. The molecule has 0 saturated carbocycles. The van der Waals surface area contributed by atoms with Gasteiger partial charge in [-0.15, -0.1) is 0 Å². The van der Waals surface area contributed by atoms with Gasteiger partial charge in [0, 0.05) is 23.3 Å². The number of rotatable bonds is 6. The van der Waals surface area contributed by atoms with Gasteiger partial charge in [0.2, 0.25) is 0 Å². The summed E-state index contributed by atoms with van der Waals surface area (Å²) >= 11 is 0. The third-order valence-electron chi connectivity index (χ3n) is 4.70. The van der Waals surface area contributed by atoms with Crippen molar-refractivity contribution in [1.82, 2.24) is 15.0 Å². The van der Waals surface area contributed by atoms with E-state index >= 15 is 0 Å². The first-order valence-corrected chi connectivity index (χ1v) is 9.42. The Hall–Kier alpha value is -4.20. The third kappa shape index (κ3) is 4.09. The predicted molar refractivity (Wildman–Crippen MR) is 117 cm³/mol. The maximum atomic E-state index is 12.0. The average molecular weight is 416 g/mol. The molecule has 4 aromatic rings. The molecule has 0 aliphatic heterocycles. The number of esters is 1. The Morgan fingerprint density at radius 1 is 0.968 bits per heavy atom. The molecule has 0 amide bonds. The molecular formula is C23H20N4O4. The summed E-state index contributed by atoms with van der Waals surface area (Å²) in [5.41, 5.74) is 2.44. The lowest BCUT2D eigenvalue weighted by Crippen LogP contribution is -2.05. The number of benzene rings is 2. The molecule has 8 nitrogen and oxygen atoms in total. The van der Waals surface area contributed by atoms with Crippen molar-refractivity contribution in [2.45, 2.75) is 0 Å². The number of nitrogens with zero attached hydrogens (tertiary/aromatic N) is 3. The van der Waals surface area contributed by atoms with Gasteiger partial charge in [-0.1, -0.05) is 0 Å². The van der Waals surface area contributed by atoms with Gasteiger partial charge >= 0.3 is 5.97 Å². The number of pyridine rings is 1. The lowest BCUT2D eigenvalue weighted by Gasteiger charge is -2.15. The van der Waals surface area contributed by atoms with Crippen molar-refractivity contribution in [2.75, 3.05) is 26.6 Å². The van der Waals surface area contributed by atoms with Crippen molar-refractivity contribution in [3.8, 4) is 22.9 Å². The number of aromatic nitrogens is 3. The van der Waals surface area contributed by atoms with E-state index in [0.717, 1.165) is 16.5 Å². The van der Waals surface area contributed by atoms with Crippen LogP contribution in [0.5, 0.6) is 11.5 Å². The van der Waals surface area contributed by atoms with E-state index in [1.54, 1.807) is 44.8 Å². The van der Waals surface area contributed by atoms with Gasteiger partial charge in [-0.2, -0.15) is 0 Å². The van der Waals surface area contributed by atoms with Crippen molar-refractivity contribution in [2.24, 2.45) is 0 Å². The Morgan fingerprint density at radius 3 is 2.55 bits per heavy atom. The number of hydrogen-bond acceptors (Lipinski definition) is 8. The van der Waals surface area contributed by atoms with E-state index < -0.39 is 5.97 Å². The standard InChI is InChI=1S/C23H20N4O4/c1-29-16-7-8-18-17(12-16)22(27-21(25-18)15-5-4-10-24-13-15)26-19-11-14(23(28)31-3)6-9-20(19)30-2/h4-13H,1-3H3,(H,25,26,27). The maximum Gasteiger partial charge on any atom is 0.337 e. The molecule has 0 aliphatic carbocycles. The monoisotopic (exact) mass is 416 g/mol. The lowest BCUT2D eigenvalue weighted by molar-refractivity contribution is 0.0600. The van der Waals surface area contributed by atoms with Crippen molar-refractivity contribution < 1.29 is 19.0 Å². The van der Waals surface area contributed by atoms with E-state index in [1.165, 1.54) is 7.11 Å². The fourth-order valence-corrected chi connectivity index (χ4v) is 3.13. The Bertz CT molecular complexity index is 1250. The summed E-state index contributed by atoms with van der Waals surface area (Å²) in [4.78, 5) is 25.6. The van der Waals surface area contributed by atoms with Crippen molar-refractivity contribution >= 4 is 28.4 Å². The lowest BCUT2D eigenvalue weighted by atomic mass is 10.1. The molecule has 0 spiro atoms. The van der Waals surface area contributed by atoms with Crippen LogP contribution in [0, 0.1) is 0 Å². The quantitative estimate of drug-likeness (QED) is 0.466. The normalized spacial score (nSPS) is 10.5. The zero-order valence-corrected chi connectivity index (χ0v) is 17.2. The third-order valence-corrected chi connectivity index (χ3v) is 4.70. The number of fused-ring (bicyclic) bond motifs is 1. The molecule has 2 heterocycles. The van der Waals surface area contributed by atoms with E-state index in [2.05, 4.69) is 15.3 Å². The second kappa shape index (κ2) is 8.66. The molecule has 1 N–H and O–H groups in total. The van der Waals surface area contributed by atoms with Crippen LogP contribution in [0.3, 0.4) is 0 Å². The highest BCUT2D eigenvalue weighted by atomic mass is 16.5. The second-order valence-corrected chi connectivity index (χ2v) is 6.55. The van der Waals surface area contributed by atoms with E-state index in [0.29, 0.717) is 34.4 Å². The molecule has 2 aromatic carbocycles. The number of carbonyl (C=O) groups is 1. The van der Waals surface area contributed by atoms with Crippen LogP contribution in [-0.4, -0.2) is 42.3 Å². The largest absolute Gasteiger partial charge is 0.497 e. The summed E-state index contributed by atoms with van der Waals surface area (Å²) in [5, 5.41) is 4.04. The summed E-state index contributed by atoms with van der Waals surface area (Å²) in [6.07, 6.45) is 3.39. The molecule has 2 aromatic heterocycles. The van der Waals surface area contributed by atoms with E-state index in [9.17, 15) is 4.79 Å². The zero-order valence-electron chi connectivity index (χ0n) is 17.2. The van der Waals surface area contributed by atoms with Gasteiger partial charge in [0.05, 0.1) is 38.1 Å². The summed E-state index contributed by atoms with van der Waals surface area (Å²) in [5.74, 6) is 1.81. The first-order valence-electron chi connectivity index (χ1n) is 9.42. The van der Waals surface area contributed by atoms with Crippen LogP contribution in [0.2, 0.25) is 0 Å². The second-order valence-electron chi connectivity index (χ2n) is 6.55. The van der Waals surface area contributed by atoms with Gasteiger partial charge in [-0.05, 0) is 48.5 Å². The van der Waals surface area contributed by atoms with Crippen molar-refractivity contribution in [3.63, 3.8) is 0 Å². The molecule has 4 rings (SSSR count). The van der Waals surface area contributed by atoms with Gasteiger partial charge in [0.1, 0.15) is 17.3 Å². The van der Waals surface area contributed by atoms with Crippen molar-refractivity contribution in [3.05, 3.63) is 66.5 Å². The van der Waals surface area contributed by atoms with Crippen molar-refractivity contribution in [1.29, 1.82) is 0 Å². The van der Waals surface area contributed by atoms with Gasteiger partial charge in [-0.3, -0.25) is 4.98 Å². The smallest absolute Gasteiger partial charge is 0.337 e. The van der Waals surface area contributed by atoms with Gasteiger partial charge in [0.25, 0.3) is 0 Å². The number of hydrogen-bond donors (Lipinski definition) is 1. The molecule has 0 fully saturated rings. The minimum Gasteiger partial charge on any atom is -0.497 e. The van der Waals surface area contributed by atoms with Crippen LogP contribution >= 0.6 is 0 Å². The molecule has 31 heavy (non-hydrogen) atoms. The molecule has 156 valence electrons. The molecule has 0 atom stereocenters. The van der Waals surface area contributed by atoms with Crippen LogP contribution in [0.25, 0.3) is 22.3 Å². The van der Waals surface area contributed by atoms with Crippen LogP contribution < -0.4 is 14.8 Å². The Labute approximate surface area is 178 Å². The van der Waals surface area contributed by atoms with E-state index in [4.69, 9.17) is 19.2 Å². The Morgan fingerprint density at radius 2 is 1.84 bits per heavy atom. The highest BCUT2D eigenvalue weighted by Gasteiger charge is 2.15. The number of carbonyl (C=O) groups excluding carboxylic acids is 1. The topological polar surface area (TPSA) is 95.5 Å². The van der Waals surface area contributed by atoms with Gasteiger partial charge < -0.3 is 19.5 Å². The first-order chi connectivity index (χ1) is 15.1. The fourth-order valence-electron chi connectivity index (χ4n) is 3.13.